The van der Waals surface area contributed by atoms with E-state index in [1.54, 1.807) is 13.2 Å². The molecule has 3 rings (SSSR count). The van der Waals surface area contributed by atoms with Crippen LogP contribution in [-0.2, 0) is 12.8 Å². The van der Waals surface area contributed by atoms with Crippen LogP contribution in [0, 0.1) is 12.8 Å². The SMILES string of the molecule is COc1ccc(-c2nc(C)c3c(n2)CCC(CN)C3)nn1. The molecular weight excluding hydrogens is 266 g/mol. The van der Waals surface area contributed by atoms with Gasteiger partial charge in [-0.15, -0.1) is 10.2 Å². The van der Waals surface area contributed by atoms with E-state index in [9.17, 15) is 0 Å². The van der Waals surface area contributed by atoms with E-state index in [2.05, 4.69) is 20.2 Å². The summed E-state index contributed by atoms with van der Waals surface area (Å²) in [6.45, 7) is 2.75. The molecular formula is C15H19N5O. The molecule has 2 N–H and O–H groups in total. The van der Waals surface area contributed by atoms with Crippen molar-refractivity contribution in [2.75, 3.05) is 13.7 Å². The first kappa shape index (κ1) is 13.9. The number of rotatable bonds is 3. The normalized spacial score (nSPS) is 17.4. The molecule has 1 aliphatic rings. The van der Waals surface area contributed by atoms with Crippen molar-refractivity contribution in [1.82, 2.24) is 20.2 Å². The maximum Gasteiger partial charge on any atom is 0.233 e. The minimum Gasteiger partial charge on any atom is -0.480 e. The van der Waals surface area contributed by atoms with E-state index in [1.165, 1.54) is 5.56 Å². The summed E-state index contributed by atoms with van der Waals surface area (Å²) in [6.07, 6.45) is 3.02. The zero-order valence-corrected chi connectivity index (χ0v) is 12.3. The van der Waals surface area contributed by atoms with Crippen LogP contribution in [0.15, 0.2) is 12.1 Å². The molecule has 0 amide bonds. The van der Waals surface area contributed by atoms with Gasteiger partial charge in [-0.2, -0.15) is 0 Å². The Kier molecular flexibility index (Phi) is 3.79. The van der Waals surface area contributed by atoms with Gasteiger partial charge in [0.1, 0.15) is 5.69 Å². The van der Waals surface area contributed by atoms with Crippen molar-refractivity contribution in [3.05, 3.63) is 29.1 Å². The summed E-state index contributed by atoms with van der Waals surface area (Å²) in [5, 5.41) is 8.09. The second-order valence-corrected chi connectivity index (χ2v) is 5.36. The highest BCUT2D eigenvalue weighted by molar-refractivity contribution is 5.50. The predicted molar refractivity (Wildman–Crippen MR) is 78.9 cm³/mol. The minimum absolute atomic E-state index is 0.485. The Morgan fingerprint density at radius 3 is 2.81 bits per heavy atom. The first-order chi connectivity index (χ1) is 10.2. The van der Waals surface area contributed by atoms with Crippen molar-refractivity contribution in [3.8, 4) is 17.4 Å². The molecule has 2 heterocycles. The van der Waals surface area contributed by atoms with E-state index in [-0.39, 0.29) is 0 Å². The van der Waals surface area contributed by atoms with Crippen LogP contribution in [0.1, 0.15) is 23.4 Å². The average Bonchev–Trinajstić information content (AvgIpc) is 2.54. The van der Waals surface area contributed by atoms with Crippen LogP contribution in [0.25, 0.3) is 11.5 Å². The van der Waals surface area contributed by atoms with E-state index < -0.39 is 0 Å². The lowest BCUT2D eigenvalue weighted by molar-refractivity contribution is 0.392. The van der Waals surface area contributed by atoms with Gasteiger partial charge in [-0.1, -0.05) is 0 Å². The Hall–Kier alpha value is -2.08. The molecule has 0 aliphatic heterocycles. The van der Waals surface area contributed by atoms with Gasteiger partial charge in [0.15, 0.2) is 5.82 Å². The first-order valence-corrected chi connectivity index (χ1v) is 7.15. The summed E-state index contributed by atoms with van der Waals surface area (Å²) < 4.78 is 5.02. The summed E-state index contributed by atoms with van der Waals surface area (Å²) in [5.41, 5.74) is 9.85. The number of fused-ring (bicyclic) bond motifs is 1. The van der Waals surface area contributed by atoms with Crippen molar-refractivity contribution < 1.29 is 4.74 Å². The van der Waals surface area contributed by atoms with E-state index >= 15 is 0 Å². The fraction of sp³-hybridized carbons (Fsp3) is 0.467. The first-order valence-electron chi connectivity index (χ1n) is 7.15. The molecule has 0 fully saturated rings. The summed E-state index contributed by atoms with van der Waals surface area (Å²) in [6, 6.07) is 3.60. The van der Waals surface area contributed by atoms with E-state index in [0.29, 0.717) is 23.3 Å². The second-order valence-electron chi connectivity index (χ2n) is 5.36. The van der Waals surface area contributed by atoms with Gasteiger partial charge in [-0.05, 0) is 50.3 Å². The summed E-state index contributed by atoms with van der Waals surface area (Å²) >= 11 is 0. The molecule has 0 bridgehead atoms. The Morgan fingerprint density at radius 1 is 1.29 bits per heavy atom. The van der Waals surface area contributed by atoms with Gasteiger partial charge in [0.05, 0.1) is 7.11 Å². The fourth-order valence-corrected chi connectivity index (χ4v) is 2.72. The van der Waals surface area contributed by atoms with Gasteiger partial charge in [0, 0.05) is 17.5 Å². The van der Waals surface area contributed by atoms with Gasteiger partial charge in [-0.25, -0.2) is 9.97 Å². The molecule has 21 heavy (non-hydrogen) atoms. The lowest BCUT2D eigenvalue weighted by atomic mass is 9.86. The molecule has 0 saturated heterocycles. The van der Waals surface area contributed by atoms with Gasteiger partial charge in [0.2, 0.25) is 5.88 Å². The van der Waals surface area contributed by atoms with Crippen LogP contribution >= 0.6 is 0 Å². The molecule has 2 aromatic heterocycles. The number of ether oxygens (including phenoxy) is 1. The highest BCUT2D eigenvalue weighted by Gasteiger charge is 2.22. The fourth-order valence-electron chi connectivity index (χ4n) is 2.72. The molecule has 1 atom stereocenters. The largest absolute Gasteiger partial charge is 0.480 e. The van der Waals surface area contributed by atoms with Crippen molar-refractivity contribution in [1.29, 1.82) is 0 Å². The van der Waals surface area contributed by atoms with Crippen molar-refractivity contribution >= 4 is 0 Å². The maximum atomic E-state index is 5.79. The Bertz CT molecular complexity index is 641. The van der Waals surface area contributed by atoms with Crippen LogP contribution in [0.2, 0.25) is 0 Å². The summed E-state index contributed by atoms with van der Waals surface area (Å²) in [4.78, 5) is 9.26. The topological polar surface area (TPSA) is 86.8 Å². The van der Waals surface area contributed by atoms with Crippen LogP contribution < -0.4 is 10.5 Å². The zero-order chi connectivity index (χ0) is 14.8. The summed E-state index contributed by atoms with van der Waals surface area (Å²) in [7, 11) is 1.57. The minimum atomic E-state index is 0.485. The number of aryl methyl sites for hydroxylation is 2. The second kappa shape index (κ2) is 5.73. The molecule has 0 radical (unpaired) electrons. The molecule has 1 aliphatic carbocycles. The third-order valence-electron chi connectivity index (χ3n) is 3.99. The molecule has 0 aromatic carbocycles. The zero-order valence-electron chi connectivity index (χ0n) is 12.3. The van der Waals surface area contributed by atoms with Gasteiger partial charge >= 0.3 is 0 Å². The van der Waals surface area contributed by atoms with Crippen molar-refractivity contribution in [2.45, 2.75) is 26.2 Å². The van der Waals surface area contributed by atoms with Crippen molar-refractivity contribution in [3.63, 3.8) is 0 Å². The predicted octanol–water partition coefficient (Wildman–Crippen LogP) is 1.31. The van der Waals surface area contributed by atoms with Crippen LogP contribution in [0.5, 0.6) is 5.88 Å². The molecule has 6 heteroatoms. The van der Waals surface area contributed by atoms with E-state index in [1.807, 2.05) is 13.0 Å². The van der Waals surface area contributed by atoms with Crippen LogP contribution in [-0.4, -0.2) is 33.8 Å². The molecule has 0 saturated carbocycles. The van der Waals surface area contributed by atoms with Crippen LogP contribution in [0.4, 0.5) is 0 Å². The Labute approximate surface area is 123 Å². The monoisotopic (exact) mass is 285 g/mol. The molecule has 1 unspecified atom stereocenters. The number of aromatic nitrogens is 4. The number of nitrogens with two attached hydrogens (primary N) is 1. The Morgan fingerprint density at radius 2 is 2.14 bits per heavy atom. The van der Waals surface area contributed by atoms with E-state index in [0.717, 1.165) is 37.2 Å². The van der Waals surface area contributed by atoms with Gasteiger partial charge in [0.25, 0.3) is 0 Å². The van der Waals surface area contributed by atoms with E-state index in [4.69, 9.17) is 10.5 Å². The average molecular weight is 285 g/mol. The lowest BCUT2D eigenvalue weighted by Gasteiger charge is -2.24. The molecule has 110 valence electrons. The van der Waals surface area contributed by atoms with Gasteiger partial charge < -0.3 is 10.5 Å². The number of methoxy groups -OCH3 is 1. The lowest BCUT2D eigenvalue weighted by Crippen LogP contribution is -2.24. The van der Waals surface area contributed by atoms with Gasteiger partial charge in [-0.3, -0.25) is 0 Å². The number of nitrogens with zero attached hydrogens (tertiary/aromatic N) is 4. The van der Waals surface area contributed by atoms with Crippen LogP contribution in [0.3, 0.4) is 0 Å². The van der Waals surface area contributed by atoms with Crippen molar-refractivity contribution in [2.24, 2.45) is 11.7 Å². The number of hydrogen-bond donors (Lipinski definition) is 1. The third-order valence-corrected chi connectivity index (χ3v) is 3.99. The maximum absolute atomic E-state index is 5.79. The third kappa shape index (κ3) is 2.71. The highest BCUT2D eigenvalue weighted by atomic mass is 16.5. The summed E-state index contributed by atoms with van der Waals surface area (Å²) in [5.74, 6) is 1.67. The Balaban J connectivity index is 1.96. The standard InChI is InChI=1S/C15H19N5O/c1-9-11-7-10(8-16)3-4-12(11)18-15(17-9)13-5-6-14(21-2)20-19-13/h5-6,10H,3-4,7-8,16H2,1-2H3. The molecule has 2 aromatic rings. The molecule has 0 spiro atoms. The quantitative estimate of drug-likeness (QED) is 0.915. The smallest absolute Gasteiger partial charge is 0.233 e. The molecule has 6 nitrogen and oxygen atoms in total. The number of hydrogen-bond acceptors (Lipinski definition) is 6. The highest BCUT2D eigenvalue weighted by Crippen LogP contribution is 2.27.